The molecular weight excluding hydrogens is 386 g/mol. The van der Waals surface area contributed by atoms with Crippen molar-refractivity contribution in [2.24, 2.45) is 13.0 Å². The first-order valence-corrected chi connectivity index (χ1v) is 9.80. The van der Waals surface area contributed by atoms with Crippen LogP contribution in [0.2, 0.25) is 0 Å². The summed E-state index contributed by atoms with van der Waals surface area (Å²) in [6, 6.07) is 6.83. The second kappa shape index (κ2) is 8.58. The van der Waals surface area contributed by atoms with E-state index >= 15 is 0 Å². The lowest BCUT2D eigenvalue weighted by atomic mass is 9.93. The molecule has 2 aromatic heterocycles. The maximum Gasteiger partial charge on any atom is 0.337 e. The Morgan fingerprint density at radius 2 is 2.07 bits per heavy atom. The number of carbonyl (C=O) groups is 2. The Labute approximate surface area is 173 Å². The van der Waals surface area contributed by atoms with Gasteiger partial charge in [0.2, 0.25) is 17.5 Å². The van der Waals surface area contributed by atoms with E-state index in [0.717, 1.165) is 24.9 Å². The third-order valence-corrected chi connectivity index (χ3v) is 5.31. The number of carbonyl (C=O) groups excluding carboxylic acids is 2. The number of likely N-dealkylation sites (tertiary alicyclic amines) is 1. The monoisotopic (exact) mass is 409 g/mol. The number of ether oxygens (including phenoxy) is 1. The molecule has 3 aromatic rings. The number of rotatable bonds is 6. The molecule has 0 amide bonds. The highest BCUT2D eigenvalue weighted by atomic mass is 16.5. The predicted octanol–water partition coefficient (Wildman–Crippen LogP) is 2.35. The molecule has 1 saturated heterocycles. The molecule has 3 heterocycles. The van der Waals surface area contributed by atoms with Crippen molar-refractivity contribution in [1.29, 1.82) is 0 Å². The number of imidazole rings is 1. The Bertz CT molecular complexity index is 1040. The summed E-state index contributed by atoms with van der Waals surface area (Å²) in [6.45, 7) is 1.99. The quantitative estimate of drug-likeness (QED) is 0.451. The van der Waals surface area contributed by atoms with Gasteiger partial charge in [0.15, 0.2) is 5.82 Å². The van der Waals surface area contributed by atoms with Gasteiger partial charge in [0.25, 0.3) is 0 Å². The molecule has 30 heavy (non-hydrogen) atoms. The van der Waals surface area contributed by atoms with Crippen LogP contribution in [0.25, 0.3) is 11.4 Å². The maximum absolute atomic E-state index is 12.8. The van der Waals surface area contributed by atoms with Gasteiger partial charge in [0.05, 0.1) is 19.2 Å². The number of nitrogens with zero attached hydrogens (tertiary/aromatic N) is 5. The van der Waals surface area contributed by atoms with E-state index in [1.54, 1.807) is 41.2 Å². The molecule has 1 aliphatic rings. The lowest BCUT2D eigenvalue weighted by Crippen LogP contribution is -2.39. The molecule has 0 unspecified atom stereocenters. The molecule has 9 nitrogen and oxygen atoms in total. The van der Waals surface area contributed by atoms with E-state index in [-0.39, 0.29) is 11.7 Å². The zero-order valence-electron chi connectivity index (χ0n) is 16.9. The molecule has 9 heteroatoms. The van der Waals surface area contributed by atoms with Crippen molar-refractivity contribution in [3.05, 3.63) is 53.9 Å². The molecule has 0 aliphatic carbocycles. The number of esters is 1. The third-order valence-electron chi connectivity index (χ3n) is 5.31. The molecule has 156 valence electrons. The van der Waals surface area contributed by atoms with Crippen molar-refractivity contribution in [3.63, 3.8) is 0 Å². The minimum Gasteiger partial charge on any atom is -0.465 e. The van der Waals surface area contributed by atoms with Gasteiger partial charge in [-0.25, -0.2) is 9.78 Å². The van der Waals surface area contributed by atoms with E-state index in [1.807, 2.05) is 7.05 Å². The Balaban J connectivity index is 1.40. The minimum atomic E-state index is -0.393. The van der Waals surface area contributed by atoms with E-state index in [4.69, 9.17) is 9.26 Å². The summed E-state index contributed by atoms with van der Waals surface area (Å²) >= 11 is 0. The standard InChI is InChI=1S/C21H23N5O4/c1-25-11-9-22-20(25)18(27)16-4-3-10-26(12-16)13-17-23-19(24-30-17)14-5-7-15(8-6-14)21(28)29-2/h5-9,11,16H,3-4,10,12-13H2,1-2H3/t16-/m0/s1. The number of methoxy groups -OCH3 is 1. The lowest BCUT2D eigenvalue weighted by Gasteiger charge is -2.30. The SMILES string of the molecule is COC(=O)c1ccc(-c2noc(CN3CCC[C@H](C(=O)c4nccn4C)C3)n2)cc1. The fourth-order valence-corrected chi connectivity index (χ4v) is 3.70. The summed E-state index contributed by atoms with van der Waals surface area (Å²) in [5, 5.41) is 4.04. The molecule has 0 bridgehead atoms. The smallest absolute Gasteiger partial charge is 0.337 e. The van der Waals surface area contributed by atoms with E-state index in [9.17, 15) is 9.59 Å². The van der Waals surface area contributed by atoms with Gasteiger partial charge in [0, 0.05) is 37.5 Å². The molecule has 0 saturated carbocycles. The molecule has 4 rings (SSSR count). The molecule has 0 N–H and O–H groups in total. The lowest BCUT2D eigenvalue weighted by molar-refractivity contribution is 0.0600. The number of Topliss-reactive ketones (excluding diaryl/α,β-unsaturated/α-hetero) is 1. The van der Waals surface area contributed by atoms with Gasteiger partial charge in [-0.15, -0.1) is 0 Å². The number of benzene rings is 1. The minimum absolute atomic E-state index is 0.0733. The van der Waals surface area contributed by atoms with Gasteiger partial charge in [0.1, 0.15) is 0 Å². The molecule has 1 fully saturated rings. The second-order valence-corrected chi connectivity index (χ2v) is 7.38. The largest absolute Gasteiger partial charge is 0.465 e. The summed E-state index contributed by atoms with van der Waals surface area (Å²) < 4.78 is 11.9. The molecule has 1 aromatic carbocycles. The van der Waals surface area contributed by atoms with Gasteiger partial charge >= 0.3 is 5.97 Å². The summed E-state index contributed by atoms with van der Waals surface area (Å²) in [7, 11) is 3.18. The van der Waals surface area contributed by atoms with Crippen molar-refractivity contribution in [2.45, 2.75) is 19.4 Å². The van der Waals surface area contributed by atoms with Crippen LogP contribution >= 0.6 is 0 Å². The van der Waals surface area contributed by atoms with Crippen LogP contribution in [0, 0.1) is 5.92 Å². The van der Waals surface area contributed by atoms with Crippen molar-refractivity contribution in [1.82, 2.24) is 24.6 Å². The number of hydrogen-bond donors (Lipinski definition) is 0. The summed E-state index contributed by atoms with van der Waals surface area (Å²) in [5.41, 5.74) is 1.21. The van der Waals surface area contributed by atoms with Crippen molar-refractivity contribution in [3.8, 4) is 11.4 Å². The first kappa shape index (κ1) is 20.0. The van der Waals surface area contributed by atoms with Crippen LogP contribution in [0.15, 0.2) is 41.2 Å². The van der Waals surface area contributed by atoms with Crippen LogP contribution in [0.1, 0.15) is 39.7 Å². The van der Waals surface area contributed by atoms with Crippen LogP contribution in [0.3, 0.4) is 0 Å². The maximum atomic E-state index is 12.8. The van der Waals surface area contributed by atoms with Crippen LogP contribution in [-0.4, -0.2) is 56.5 Å². The van der Waals surface area contributed by atoms with E-state index < -0.39 is 5.97 Å². The Kier molecular flexibility index (Phi) is 5.71. The van der Waals surface area contributed by atoms with E-state index in [1.165, 1.54) is 7.11 Å². The molecule has 1 aliphatic heterocycles. The van der Waals surface area contributed by atoms with Crippen LogP contribution < -0.4 is 0 Å². The van der Waals surface area contributed by atoms with Gasteiger partial charge in [-0.1, -0.05) is 17.3 Å². The normalized spacial score (nSPS) is 17.1. The second-order valence-electron chi connectivity index (χ2n) is 7.38. The molecule has 0 radical (unpaired) electrons. The highest BCUT2D eigenvalue weighted by Gasteiger charge is 2.29. The number of aryl methyl sites for hydroxylation is 1. The average molecular weight is 409 g/mol. The molecular formula is C21H23N5O4. The molecule has 0 spiro atoms. The Morgan fingerprint density at radius 1 is 1.27 bits per heavy atom. The zero-order valence-corrected chi connectivity index (χ0v) is 16.9. The summed E-state index contributed by atoms with van der Waals surface area (Å²) in [5.74, 6) is 1.04. The predicted molar refractivity (Wildman–Crippen MR) is 107 cm³/mol. The Hall–Kier alpha value is -3.33. The third kappa shape index (κ3) is 4.16. The van der Waals surface area contributed by atoms with Crippen LogP contribution in [0.4, 0.5) is 0 Å². The first-order valence-electron chi connectivity index (χ1n) is 9.80. The van der Waals surface area contributed by atoms with Crippen LogP contribution in [0.5, 0.6) is 0 Å². The highest BCUT2D eigenvalue weighted by molar-refractivity contribution is 5.95. The van der Waals surface area contributed by atoms with Crippen LogP contribution in [-0.2, 0) is 18.3 Å². The fraction of sp³-hybridized carbons (Fsp3) is 0.381. The number of hydrogen-bond acceptors (Lipinski definition) is 8. The first-order chi connectivity index (χ1) is 14.5. The van der Waals surface area contributed by atoms with Gasteiger partial charge < -0.3 is 13.8 Å². The number of aromatic nitrogens is 4. The summed E-state index contributed by atoms with van der Waals surface area (Å²) in [4.78, 5) is 35.1. The van der Waals surface area contributed by atoms with Crippen molar-refractivity contribution < 1.29 is 18.8 Å². The van der Waals surface area contributed by atoms with Crippen molar-refractivity contribution in [2.75, 3.05) is 20.2 Å². The topological polar surface area (TPSA) is 103 Å². The summed E-state index contributed by atoms with van der Waals surface area (Å²) in [6.07, 6.45) is 5.21. The van der Waals surface area contributed by atoms with Gasteiger partial charge in [-0.05, 0) is 31.5 Å². The van der Waals surface area contributed by atoms with Gasteiger partial charge in [-0.3, -0.25) is 9.69 Å². The van der Waals surface area contributed by atoms with E-state index in [0.29, 0.717) is 36.2 Å². The zero-order chi connectivity index (χ0) is 21.1. The van der Waals surface area contributed by atoms with Crippen molar-refractivity contribution >= 4 is 11.8 Å². The molecule has 1 atom stereocenters. The average Bonchev–Trinajstić information content (AvgIpc) is 3.42. The number of ketones is 1. The number of piperidine rings is 1. The van der Waals surface area contributed by atoms with Gasteiger partial charge in [-0.2, -0.15) is 4.98 Å². The Morgan fingerprint density at radius 3 is 2.77 bits per heavy atom. The highest BCUT2D eigenvalue weighted by Crippen LogP contribution is 2.23. The fourth-order valence-electron chi connectivity index (χ4n) is 3.70. The van der Waals surface area contributed by atoms with E-state index in [2.05, 4.69) is 20.0 Å².